The van der Waals surface area contributed by atoms with E-state index >= 15 is 0 Å². The number of phosphoric ester groups is 1. The molecule has 9 nitrogen and oxygen atoms in total. The van der Waals surface area contributed by atoms with Crippen molar-refractivity contribution in [2.75, 3.05) is 26.4 Å². The smallest absolute Gasteiger partial charge is 0.462 e. The third kappa shape index (κ3) is 53.4. The van der Waals surface area contributed by atoms with Gasteiger partial charge in [-0.3, -0.25) is 18.6 Å². The van der Waals surface area contributed by atoms with E-state index in [2.05, 4.69) is 50.3 Å². The van der Waals surface area contributed by atoms with Gasteiger partial charge in [-0.15, -0.1) is 0 Å². The van der Waals surface area contributed by atoms with Gasteiger partial charge in [0.1, 0.15) is 6.61 Å². The van der Waals surface area contributed by atoms with Gasteiger partial charge in [-0.2, -0.15) is 0 Å². The van der Waals surface area contributed by atoms with E-state index in [4.69, 9.17) is 24.3 Å². The van der Waals surface area contributed by atoms with Gasteiger partial charge in [0.25, 0.3) is 0 Å². The number of carbonyl (C=O) groups excluding carboxylic acids is 2. The molecular weight excluding hydrogens is 858 g/mol. The molecule has 0 radical (unpaired) electrons. The zero-order valence-electron chi connectivity index (χ0n) is 43.9. The first-order chi connectivity index (χ1) is 32.8. The number of hydrogen-bond acceptors (Lipinski definition) is 8. The first-order valence-electron chi connectivity index (χ1n) is 28.5. The number of ether oxygens (including phenoxy) is 2. The Hall–Kier alpha value is -1.77. The van der Waals surface area contributed by atoms with Gasteiger partial charge in [-0.1, -0.05) is 256 Å². The summed E-state index contributed by atoms with van der Waals surface area (Å²) in [6.45, 7) is 3.78. The average Bonchev–Trinajstić information content (AvgIpc) is 3.32. The second-order valence-electron chi connectivity index (χ2n) is 19.2. The van der Waals surface area contributed by atoms with Crippen LogP contribution in [0.1, 0.15) is 284 Å². The third-order valence-electron chi connectivity index (χ3n) is 12.5. The molecule has 0 aliphatic rings. The quantitative estimate of drug-likeness (QED) is 0.0264. The normalized spacial score (nSPS) is 13.3. The van der Waals surface area contributed by atoms with Crippen LogP contribution in [0.5, 0.6) is 0 Å². The molecule has 0 saturated carbocycles. The molecule has 0 spiro atoms. The molecule has 0 saturated heterocycles. The van der Waals surface area contributed by atoms with Crippen LogP contribution in [-0.2, 0) is 32.7 Å². The highest BCUT2D eigenvalue weighted by Gasteiger charge is 2.26. The Morgan fingerprint density at radius 2 is 0.776 bits per heavy atom. The van der Waals surface area contributed by atoms with E-state index in [1.807, 2.05) is 0 Å². The Bertz CT molecular complexity index is 1190. The summed E-state index contributed by atoms with van der Waals surface area (Å²) in [5.74, 6) is -0.815. The van der Waals surface area contributed by atoms with Crippen molar-refractivity contribution >= 4 is 19.8 Å². The number of nitrogens with two attached hydrogens (primary N) is 1. The molecule has 0 bridgehead atoms. The number of hydrogen-bond donors (Lipinski definition) is 2. The highest BCUT2D eigenvalue weighted by Crippen LogP contribution is 2.43. The molecule has 0 aromatic carbocycles. The molecule has 67 heavy (non-hydrogen) atoms. The van der Waals surface area contributed by atoms with E-state index in [9.17, 15) is 19.0 Å². The summed E-state index contributed by atoms with van der Waals surface area (Å²) in [6.07, 6.45) is 63.3. The molecule has 3 N–H and O–H groups in total. The molecule has 0 aliphatic heterocycles. The number of esters is 2. The number of unbranched alkanes of at least 4 members (excludes halogenated alkanes) is 35. The van der Waals surface area contributed by atoms with Crippen LogP contribution in [0.15, 0.2) is 36.5 Å². The largest absolute Gasteiger partial charge is 0.472 e. The first-order valence-corrected chi connectivity index (χ1v) is 30.0. The minimum Gasteiger partial charge on any atom is -0.462 e. The van der Waals surface area contributed by atoms with Crippen LogP contribution >= 0.6 is 7.82 Å². The second-order valence-corrected chi connectivity index (χ2v) is 20.6. The molecule has 10 heteroatoms. The summed E-state index contributed by atoms with van der Waals surface area (Å²) in [4.78, 5) is 35.2. The topological polar surface area (TPSA) is 134 Å². The molecule has 394 valence electrons. The molecule has 0 rings (SSSR count). The lowest BCUT2D eigenvalue weighted by Gasteiger charge is -2.19. The molecule has 0 amide bonds. The zero-order chi connectivity index (χ0) is 48.8. The van der Waals surface area contributed by atoms with E-state index in [0.717, 1.165) is 51.4 Å². The van der Waals surface area contributed by atoms with Crippen LogP contribution in [-0.4, -0.2) is 49.3 Å². The maximum absolute atomic E-state index is 12.7. The summed E-state index contributed by atoms with van der Waals surface area (Å²) in [5, 5.41) is 0. The Morgan fingerprint density at radius 1 is 0.448 bits per heavy atom. The maximum atomic E-state index is 12.7. The van der Waals surface area contributed by atoms with Crippen molar-refractivity contribution in [2.24, 2.45) is 5.73 Å². The van der Waals surface area contributed by atoms with Gasteiger partial charge in [0.2, 0.25) is 0 Å². The summed E-state index contributed by atoms with van der Waals surface area (Å²) >= 11 is 0. The van der Waals surface area contributed by atoms with Gasteiger partial charge in [-0.25, -0.2) is 4.57 Å². The van der Waals surface area contributed by atoms with Crippen LogP contribution in [0.2, 0.25) is 0 Å². The van der Waals surface area contributed by atoms with Crippen molar-refractivity contribution in [1.82, 2.24) is 0 Å². The monoisotopic (exact) mass is 966 g/mol. The predicted octanol–water partition coefficient (Wildman–Crippen LogP) is 17.6. The lowest BCUT2D eigenvalue weighted by Crippen LogP contribution is -2.29. The van der Waals surface area contributed by atoms with Crippen LogP contribution in [0.3, 0.4) is 0 Å². The number of phosphoric acid groups is 1. The summed E-state index contributed by atoms with van der Waals surface area (Å²) in [7, 11) is -4.38. The number of rotatable bonds is 54. The summed E-state index contributed by atoms with van der Waals surface area (Å²) in [6, 6.07) is 0. The molecule has 0 aliphatic carbocycles. The van der Waals surface area contributed by atoms with Gasteiger partial charge in [0, 0.05) is 19.4 Å². The molecular formula is C57H108NO8P. The lowest BCUT2D eigenvalue weighted by atomic mass is 10.0. The summed E-state index contributed by atoms with van der Waals surface area (Å²) in [5.41, 5.74) is 5.38. The molecule has 0 fully saturated rings. The molecule has 2 unspecified atom stereocenters. The van der Waals surface area contributed by atoms with Crippen LogP contribution in [0, 0.1) is 0 Å². The van der Waals surface area contributed by atoms with Crippen LogP contribution < -0.4 is 5.73 Å². The lowest BCUT2D eigenvalue weighted by molar-refractivity contribution is -0.161. The Balaban J connectivity index is 3.96. The molecule has 2 atom stereocenters. The van der Waals surface area contributed by atoms with Crippen molar-refractivity contribution in [3.8, 4) is 0 Å². The molecule has 0 aromatic heterocycles. The van der Waals surface area contributed by atoms with Gasteiger partial charge in [0.05, 0.1) is 13.2 Å². The molecule has 0 aromatic rings. The van der Waals surface area contributed by atoms with Gasteiger partial charge < -0.3 is 20.1 Å². The SMILES string of the molecule is CCCCCCC/C=C\C/C=C\C/C=C\CCCCCCCCCCCCCCC(=O)OC(COC(=O)CCCCCCCCCCCCCCCCCCCCC)COP(=O)(O)OCCN. The van der Waals surface area contributed by atoms with E-state index in [1.54, 1.807) is 0 Å². The maximum Gasteiger partial charge on any atom is 0.472 e. The van der Waals surface area contributed by atoms with Crippen LogP contribution in [0.4, 0.5) is 0 Å². The highest BCUT2D eigenvalue weighted by atomic mass is 31.2. The van der Waals surface area contributed by atoms with Crippen molar-refractivity contribution < 1.29 is 37.6 Å². The van der Waals surface area contributed by atoms with Gasteiger partial charge >= 0.3 is 19.8 Å². The highest BCUT2D eigenvalue weighted by molar-refractivity contribution is 7.47. The fourth-order valence-electron chi connectivity index (χ4n) is 8.29. The fraction of sp³-hybridized carbons (Fsp3) is 0.860. The van der Waals surface area contributed by atoms with Gasteiger partial charge in [-0.05, 0) is 51.4 Å². The van der Waals surface area contributed by atoms with Crippen molar-refractivity contribution in [2.45, 2.75) is 290 Å². The van der Waals surface area contributed by atoms with E-state index < -0.39 is 26.5 Å². The van der Waals surface area contributed by atoms with E-state index in [0.29, 0.717) is 6.42 Å². The number of allylic oxidation sites excluding steroid dienone is 6. The molecule has 0 heterocycles. The summed E-state index contributed by atoms with van der Waals surface area (Å²) < 4.78 is 33.0. The Morgan fingerprint density at radius 3 is 1.15 bits per heavy atom. The number of carbonyl (C=O) groups is 2. The average molecular weight is 966 g/mol. The minimum absolute atomic E-state index is 0.0545. The standard InChI is InChI=1S/C57H108NO8P/c1-3-5-7-9-11-13-15-17-19-21-23-24-25-26-27-28-29-30-32-34-36-38-40-42-44-46-48-50-57(60)66-55(54-65-67(61,62)64-52-51-58)53-63-56(59)49-47-45-43-41-39-37-35-33-31-22-20-18-16-14-12-10-8-6-4-2/h15,17,21,23,25-26,55H,3-14,16,18-20,22,24,27-54,58H2,1-2H3,(H,61,62)/b17-15-,23-21-,26-25-. The third-order valence-corrected chi connectivity index (χ3v) is 13.5. The Kier molecular flexibility index (Phi) is 52.2. The van der Waals surface area contributed by atoms with E-state index in [1.165, 1.54) is 199 Å². The van der Waals surface area contributed by atoms with Crippen molar-refractivity contribution in [3.63, 3.8) is 0 Å². The van der Waals surface area contributed by atoms with E-state index in [-0.39, 0.29) is 38.6 Å². The van der Waals surface area contributed by atoms with Crippen molar-refractivity contribution in [3.05, 3.63) is 36.5 Å². The Labute approximate surface area is 414 Å². The van der Waals surface area contributed by atoms with Crippen LogP contribution in [0.25, 0.3) is 0 Å². The minimum atomic E-state index is -4.38. The first kappa shape index (κ1) is 65.2. The second kappa shape index (κ2) is 53.6. The predicted molar refractivity (Wildman–Crippen MR) is 284 cm³/mol. The fourth-order valence-corrected chi connectivity index (χ4v) is 9.06. The van der Waals surface area contributed by atoms with Gasteiger partial charge in [0.15, 0.2) is 6.10 Å². The zero-order valence-corrected chi connectivity index (χ0v) is 44.8. The van der Waals surface area contributed by atoms with Crippen molar-refractivity contribution in [1.29, 1.82) is 0 Å².